The van der Waals surface area contributed by atoms with Gasteiger partial charge >= 0.3 is 0 Å². The van der Waals surface area contributed by atoms with E-state index in [4.69, 9.17) is 4.74 Å². The molecule has 0 N–H and O–H groups in total. The van der Waals surface area contributed by atoms with Crippen molar-refractivity contribution in [3.05, 3.63) is 94.5 Å². The van der Waals surface area contributed by atoms with E-state index in [1.165, 1.54) is 28.4 Å². The van der Waals surface area contributed by atoms with Crippen LogP contribution in [0.5, 0.6) is 5.75 Å². The van der Waals surface area contributed by atoms with Crippen LogP contribution in [0.25, 0.3) is 0 Å². The second-order valence-corrected chi connectivity index (χ2v) is 13.7. The van der Waals surface area contributed by atoms with Crippen LogP contribution in [-0.4, -0.2) is 13.3 Å². The van der Waals surface area contributed by atoms with Crippen molar-refractivity contribution in [1.82, 2.24) is 0 Å². The first-order valence-corrected chi connectivity index (χ1v) is 15.0. The second-order valence-electron chi connectivity index (χ2n) is 9.33. The Balaban J connectivity index is 2.00. The third kappa shape index (κ3) is 6.43. The molecule has 0 radical (unpaired) electrons. The highest BCUT2D eigenvalue weighted by Gasteiger charge is 2.31. The zero-order valence-electron chi connectivity index (χ0n) is 20.5. The fourth-order valence-corrected chi connectivity index (χ4v) is 7.32. The molecule has 3 heteroatoms. The van der Waals surface area contributed by atoms with Crippen molar-refractivity contribution in [3.63, 3.8) is 0 Å². The molecule has 32 heavy (non-hydrogen) atoms. The normalized spacial score (nSPS) is 13.6. The Morgan fingerprint density at radius 1 is 0.938 bits per heavy atom. The maximum absolute atomic E-state index is 6.44. The molecule has 0 heterocycles. The summed E-state index contributed by atoms with van der Waals surface area (Å²) >= 11 is 0. The van der Waals surface area contributed by atoms with Crippen molar-refractivity contribution >= 4 is 21.8 Å². The van der Waals surface area contributed by atoms with Gasteiger partial charge < -0.3 is 4.74 Å². The van der Waals surface area contributed by atoms with Crippen molar-refractivity contribution in [1.29, 1.82) is 0 Å². The molecule has 2 unspecified atom stereocenters. The number of aryl methyl sites for hydroxylation is 2. The van der Waals surface area contributed by atoms with Crippen molar-refractivity contribution < 1.29 is 4.74 Å². The number of hydrogen-bond acceptors (Lipinski definition) is 1. The van der Waals surface area contributed by atoms with Crippen LogP contribution in [0.15, 0.2) is 66.7 Å². The average molecular weight is 465 g/mol. The molecule has 0 amide bonds. The third-order valence-corrected chi connectivity index (χ3v) is 8.97. The van der Waals surface area contributed by atoms with Crippen LogP contribution >= 0.6 is 16.5 Å². The molecule has 1 nitrogen and oxygen atoms in total. The Bertz CT molecular complexity index is 1010. The minimum absolute atomic E-state index is 0.0278. The molecule has 0 aliphatic carbocycles. The zero-order chi connectivity index (χ0) is 23.1. The fourth-order valence-electron chi connectivity index (χ4n) is 4.36. The van der Waals surface area contributed by atoms with Gasteiger partial charge in [-0.3, -0.25) is 0 Å². The molecule has 0 spiro atoms. The summed E-state index contributed by atoms with van der Waals surface area (Å²) in [6, 6.07) is 24.1. The first-order valence-electron chi connectivity index (χ1n) is 11.6. The van der Waals surface area contributed by atoms with Crippen molar-refractivity contribution in [2.75, 3.05) is 13.3 Å². The van der Waals surface area contributed by atoms with Gasteiger partial charge in [-0.15, -0.1) is 7.92 Å². The highest BCUT2D eigenvalue weighted by atomic mass is 31.1. The van der Waals surface area contributed by atoms with Gasteiger partial charge in [0.25, 0.3) is 0 Å². The van der Waals surface area contributed by atoms with Gasteiger partial charge in [-0.1, -0.05) is 95.1 Å². The molecule has 3 aromatic rings. The summed E-state index contributed by atoms with van der Waals surface area (Å²) in [5.41, 5.74) is 6.84. The van der Waals surface area contributed by atoms with Gasteiger partial charge in [-0.2, -0.15) is 0 Å². The lowest BCUT2D eigenvalue weighted by Crippen LogP contribution is -2.23. The molecule has 170 valence electrons. The molecule has 0 saturated heterocycles. The summed E-state index contributed by atoms with van der Waals surface area (Å²) in [5.74, 6) is 1.03. The predicted molar refractivity (Wildman–Crippen MR) is 146 cm³/mol. The maximum atomic E-state index is 6.44. The quantitative estimate of drug-likeness (QED) is 0.275. The Morgan fingerprint density at radius 3 is 2.38 bits per heavy atom. The molecular formula is C29H38OP2. The van der Waals surface area contributed by atoms with Gasteiger partial charge in [0.1, 0.15) is 12.4 Å². The SMILES string of the molecule is CCCC(C)(Pc1c(C)cccc1CP(C)C)c1cc(C)ccc1OCc1ccccc1. The number of hydrogen-bond donors (Lipinski definition) is 0. The Labute approximate surface area is 198 Å². The first-order chi connectivity index (χ1) is 15.3. The highest BCUT2D eigenvalue weighted by molar-refractivity contribution is 7.55. The summed E-state index contributed by atoms with van der Waals surface area (Å²) in [6.07, 6.45) is 3.51. The number of benzene rings is 3. The van der Waals surface area contributed by atoms with Crippen molar-refractivity contribution in [2.24, 2.45) is 0 Å². The van der Waals surface area contributed by atoms with Crippen LogP contribution in [0.3, 0.4) is 0 Å². The van der Waals surface area contributed by atoms with Crippen molar-refractivity contribution in [3.8, 4) is 5.75 Å². The lowest BCUT2D eigenvalue weighted by Gasteiger charge is -2.34. The van der Waals surface area contributed by atoms with E-state index in [9.17, 15) is 0 Å². The van der Waals surface area contributed by atoms with E-state index in [-0.39, 0.29) is 13.1 Å². The second kappa shape index (κ2) is 11.4. The summed E-state index contributed by atoms with van der Waals surface area (Å²) in [5, 5.41) is 1.62. The molecule has 0 aromatic heterocycles. The van der Waals surface area contributed by atoms with Crippen LogP contribution in [0.1, 0.15) is 54.5 Å². The van der Waals surface area contributed by atoms with Crippen molar-refractivity contribution in [2.45, 2.75) is 58.5 Å². The Morgan fingerprint density at radius 2 is 1.69 bits per heavy atom. The van der Waals surface area contributed by atoms with Gasteiger partial charge in [-0.05, 0) is 67.8 Å². The first kappa shape index (κ1) is 25.0. The molecular weight excluding hydrogens is 426 g/mol. The molecule has 3 rings (SSSR count). The Kier molecular flexibility index (Phi) is 8.93. The van der Waals surface area contributed by atoms with E-state index in [0.717, 1.165) is 27.2 Å². The minimum Gasteiger partial charge on any atom is -0.489 e. The van der Waals surface area contributed by atoms with Gasteiger partial charge in [0.05, 0.1) is 0 Å². The number of rotatable bonds is 10. The van der Waals surface area contributed by atoms with E-state index >= 15 is 0 Å². The lowest BCUT2D eigenvalue weighted by atomic mass is 9.93. The molecule has 0 aliphatic heterocycles. The zero-order valence-corrected chi connectivity index (χ0v) is 22.4. The number of ether oxygens (including phenoxy) is 1. The monoisotopic (exact) mass is 464 g/mol. The van der Waals surface area contributed by atoms with Crippen LogP contribution in [0.4, 0.5) is 0 Å². The largest absolute Gasteiger partial charge is 0.489 e. The van der Waals surface area contributed by atoms with E-state index in [0.29, 0.717) is 6.61 Å². The maximum Gasteiger partial charge on any atom is 0.123 e. The van der Waals surface area contributed by atoms with Crippen LogP contribution in [-0.2, 0) is 17.9 Å². The van der Waals surface area contributed by atoms with Gasteiger partial charge in [-0.25, -0.2) is 0 Å². The molecule has 3 aromatic carbocycles. The molecule has 0 bridgehead atoms. The Hall–Kier alpha value is -1.68. The van der Waals surface area contributed by atoms with E-state index < -0.39 is 0 Å². The topological polar surface area (TPSA) is 9.23 Å². The molecule has 2 atom stereocenters. The molecule has 0 fully saturated rings. The van der Waals surface area contributed by atoms with E-state index in [2.05, 4.69) is 108 Å². The minimum atomic E-state index is 0.0278. The highest BCUT2D eigenvalue weighted by Crippen LogP contribution is 2.49. The van der Waals surface area contributed by atoms with E-state index in [1.54, 1.807) is 10.9 Å². The van der Waals surface area contributed by atoms with Crippen LogP contribution < -0.4 is 10.0 Å². The summed E-state index contributed by atoms with van der Waals surface area (Å²) in [4.78, 5) is 0. The van der Waals surface area contributed by atoms with Gasteiger partial charge in [0, 0.05) is 10.7 Å². The third-order valence-electron chi connectivity index (χ3n) is 5.96. The van der Waals surface area contributed by atoms with Crippen LogP contribution in [0.2, 0.25) is 0 Å². The lowest BCUT2D eigenvalue weighted by molar-refractivity contribution is 0.299. The molecule has 0 aliphatic rings. The van der Waals surface area contributed by atoms with Gasteiger partial charge in [0.15, 0.2) is 0 Å². The van der Waals surface area contributed by atoms with E-state index in [1.807, 2.05) is 0 Å². The van der Waals surface area contributed by atoms with Gasteiger partial charge in [0.2, 0.25) is 0 Å². The standard InChI is InChI=1S/C29H38OP2/c1-7-18-29(4,31-28-23(3)12-11-15-25(28)21-32(5)6)26-19-22(2)16-17-27(26)30-20-24-13-9-8-10-14-24/h8-17,19,31H,7,18,20-21H2,1-6H3. The summed E-state index contributed by atoms with van der Waals surface area (Å²) in [6.45, 7) is 14.6. The average Bonchev–Trinajstić information content (AvgIpc) is 2.76. The predicted octanol–water partition coefficient (Wildman–Crippen LogP) is 8.14. The fraction of sp³-hybridized carbons (Fsp3) is 0.379. The molecule has 0 saturated carbocycles. The smallest absolute Gasteiger partial charge is 0.123 e. The summed E-state index contributed by atoms with van der Waals surface area (Å²) in [7, 11) is 0.752. The summed E-state index contributed by atoms with van der Waals surface area (Å²) < 4.78 is 6.44. The van der Waals surface area contributed by atoms with Crippen LogP contribution in [0, 0.1) is 13.8 Å².